The predicted octanol–water partition coefficient (Wildman–Crippen LogP) is 2.42. The summed E-state index contributed by atoms with van der Waals surface area (Å²) in [5.74, 6) is 0.616. The Balaban J connectivity index is 1.45. The number of benzene rings is 1. The van der Waals surface area contributed by atoms with Gasteiger partial charge in [-0.15, -0.1) is 0 Å². The second-order valence-corrected chi connectivity index (χ2v) is 7.75. The molecule has 0 bridgehead atoms. The predicted molar refractivity (Wildman–Crippen MR) is 129 cm³/mol. The molecular weight excluding hydrogens is 432 g/mol. The van der Waals surface area contributed by atoms with Gasteiger partial charge in [0.2, 0.25) is 11.9 Å². The fourth-order valence-corrected chi connectivity index (χ4v) is 3.94. The average molecular weight is 454 g/mol. The van der Waals surface area contributed by atoms with E-state index in [0.717, 1.165) is 5.56 Å². The number of carbonyl (C=O) groups is 2. The first kappa shape index (κ1) is 21.1. The molecule has 4 aromatic rings. The number of nitrogens with one attached hydrogen (secondary N) is 1. The van der Waals surface area contributed by atoms with Crippen LogP contribution in [0.25, 0.3) is 16.8 Å². The van der Waals surface area contributed by atoms with Crippen molar-refractivity contribution >= 4 is 34.8 Å². The molecule has 10 heteroatoms. The zero-order valence-electron chi connectivity index (χ0n) is 18.3. The van der Waals surface area contributed by atoms with E-state index >= 15 is 0 Å². The van der Waals surface area contributed by atoms with Crippen molar-refractivity contribution in [1.82, 2.24) is 24.3 Å². The number of pyridine rings is 1. The summed E-state index contributed by atoms with van der Waals surface area (Å²) in [7, 11) is 0. The monoisotopic (exact) mass is 454 g/mol. The molecule has 1 fully saturated rings. The van der Waals surface area contributed by atoms with Crippen LogP contribution in [0.4, 0.5) is 17.5 Å². The third kappa shape index (κ3) is 3.81. The molecule has 1 aliphatic rings. The second kappa shape index (κ2) is 8.66. The van der Waals surface area contributed by atoms with E-state index in [2.05, 4.69) is 21.9 Å². The molecular formula is C24H22N8O2. The molecule has 0 aliphatic carbocycles. The molecule has 3 aromatic heterocycles. The van der Waals surface area contributed by atoms with Gasteiger partial charge in [-0.25, -0.2) is 9.97 Å². The number of imidazole rings is 1. The maximum Gasteiger partial charge on any atom is 0.274 e. The van der Waals surface area contributed by atoms with E-state index < -0.39 is 0 Å². The molecule has 5 rings (SSSR count). The molecule has 0 spiro atoms. The van der Waals surface area contributed by atoms with Crippen LogP contribution in [0, 0.1) is 0 Å². The molecule has 0 atom stereocenters. The van der Waals surface area contributed by atoms with Crippen LogP contribution in [0.3, 0.4) is 0 Å². The van der Waals surface area contributed by atoms with Crippen molar-refractivity contribution in [3.05, 3.63) is 79.4 Å². The first-order valence-electron chi connectivity index (χ1n) is 10.7. The van der Waals surface area contributed by atoms with Gasteiger partial charge in [-0.2, -0.15) is 0 Å². The molecule has 0 radical (unpaired) electrons. The Morgan fingerprint density at radius 3 is 2.62 bits per heavy atom. The van der Waals surface area contributed by atoms with Gasteiger partial charge in [0, 0.05) is 42.9 Å². The highest BCUT2D eigenvalue weighted by atomic mass is 16.2. The lowest BCUT2D eigenvalue weighted by Crippen LogP contribution is -2.30. The molecule has 0 saturated carbocycles. The number of aromatic nitrogens is 4. The number of anilines is 3. The van der Waals surface area contributed by atoms with Crippen LogP contribution in [0.5, 0.6) is 0 Å². The summed E-state index contributed by atoms with van der Waals surface area (Å²) in [4.78, 5) is 41.3. The van der Waals surface area contributed by atoms with E-state index in [-0.39, 0.29) is 11.8 Å². The molecule has 3 N–H and O–H groups in total. The van der Waals surface area contributed by atoms with E-state index in [1.807, 2.05) is 21.4 Å². The maximum atomic E-state index is 12.4. The Kier molecular flexibility index (Phi) is 5.38. The second-order valence-electron chi connectivity index (χ2n) is 7.75. The van der Waals surface area contributed by atoms with Gasteiger partial charge in [0.1, 0.15) is 22.7 Å². The lowest BCUT2D eigenvalue weighted by atomic mass is 10.1. The van der Waals surface area contributed by atoms with Gasteiger partial charge in [0.15, 0.2) is 0 Å². The minimum absolute atomic E-state index is 0.117. The summed E-state index contributed by atoms with van der Waals surface area (Å²) in [5.41, 5.74) is 9.36. The molecule has 0 unspecified atom stereocenters. The van der Waals surface area contributed by atoms with Gasteiger partial charge in [-0.05, 0) is 30.3 Å². The Labute approximate surface area is 195 Å². The topological polar surface area (TPSA) is 122 Å². The van der Waals surface area contributed by atoms with Crippen LogP contribution in [-0.2, 0) is 4.79 Å². The first-order chi connectivity index (χ1) is 16.5. The van der Waals surface area contributed by atoms with Crippen LogP contribution in [0.2, 0.25) is 0 Å². The maximum absolute atomic E-state index is 12.4. The van der Waals surface area contributed by atoms with Gasteiger partial charge >= 0.3 is 0 Å². The number of nitrogen functional groups attached to an aromatic ring is 1. The van der Waals surface area contributed by atoms with Gasteiger partial charge in [0.05, 0.1) is 6.67 Å². The minimum Gasteiger partial charge on any atom is -0.382 e. The van der Waals surface area contributed by atoms with Crippen molar-refractivity contribution < 1.29 is 9.59 Å². The molecule has 34 heavy (non-hydrogen) atoms. The Morgan fingerprint density at radius 1 is 1.06 bits per heavy atom. The van der Waals surface area contributed by atoms with Gasteiger partial charge < -0.3 is 20.9 Å². The Bertz CT molecular complexity index is 1380. The average Bonchev–Trinajstić information content (AvgIpc) is 3.51. The van der Waals surface area contributed by atoms with E-state index in [1.54, 1.807) is 53.8 Å². The SMILES string of the molecule is C=CC(=O)N1CCN(c2nc(-c3ccc(NC(=O)c4ccccn4)cc3)c3c(N)nccn23)C1. The highest BCUT2D eigenvalue weighted by molar-refractivity contribution is 6.03. The molecule has 4 heterocycles. The number of fused-ring (bicyclic) bond motifs is 1. The fourth-order valence-electron chi connectivity index (χ4n) is 3.94. The standard InChI is InChI=1S/C24H22N8O2/c1-2-19(33)30-13-14-31(15-30)24-29-20(21-22(25)27-11-12-32(21)24)16-6-8-17(9-7-16)28-23(34)18-5-3-4-10-26-18/h2-12H,1,13-15H2,(H2,25,27)(H,28,34). The summed E-state index contributed by atoms with van der Waals surface area (Å²) in [6.45, 7) is 5.19. The number of hydrogen-bond acceptors (Lipinski definition) is 7. The van der Waals surface area contributed by atoms with Crippen LogP contribution >= 0.6 is 0 Å². The largest absolute Gasteiger partial charge is 0.382 e. The van der Waals surface area contributed by atoms with Crippen molar-refractivity contribution in [1.29, 1.82) is 0 Å². The van der Waals surface area contributed by atoms with Gasteiger partial charge in [-0.3, -0.25) is 19.0 Å². The number of carbonyl (C=O) groups excluding carboxylic acids is 2. The zero-order chi connectivity index (χ0) is 23.7. The molecule has 1 saturated heterocycles. The zero-order valence-corrected chi connectivity index (χ0v) is 18.3. The minimum atomic E-state index is -0.288. The van der Waals surface area contributed by atoms with Gasteiger partial charge in [-0.1, -0.05) is 24.8 Å². The van der Waals surface area contributed by atoms with Crippen LogP contribution < -0.4 is 16.0 Å². The first-order valence-corrected chi connectivity index (χ1v) is 10.7. The smallest absolute Gasteiger partial charge is 0.274 e. The van der Waals surface area contributed by atoms with E-state index in [4.69, 9.17) is 10.7 Å². The molecule has 1 aliphatic heterocycles. The molecule has 2 amide bonds. The number of amides is 2. The lowest BCUT2D eigenvalue weighted by molar-refractivity contribution is -0.124. The summed E-state index contributed by atoms with van der Waals surface area (Å²) >= 11 is 0. The van der Waals surface area contributed by atoms with Gasteiger partial charge in [0.25, 0.3) is 5.91 Å². The van der Waals surface area contributed by atoms with Crippen LogP contribution in [0.15, 0.2) is 73.7 Å². The normalized spacial score (nSPS) is 13.3. The van der Waals surface area contributed by atoms with Crippen molar-refractivity contribution in [2.75, 3.05) is 35.7 Å². The fraction of sp³-hybridized carbons (Fsp3) is 0.125. The number of rotatable bonds is 5. The van der Waals surface area contributed by atoms with Crippen LogP contribution in [-0.4, -0.2) is 55.8 Å². The van der Waals surface area contributed by atoms with E-state index in [9.17, 15) is 9.59 Å². The lowest BCUT2D eigenvalue weighted by Gasteiger charge is -2.17. The molecule has 10 nitrogen and oxygen atoms in total. The number of nitrogens with zero attached hydrogens (tertiary/aromatic N) is 6. The summed E-state index contributed by atoms with van der Waals surface area (Å²) in [6, 6.07) is 12.5. The summed E-state index contributed by atoms with van der Waals surface area (Å²) < 4.78 is 1.89. The number of nitrogens with two attached hydrogens (primary N) is 1. The highest BCUT2D eigenvalue weighted by Gasteiger charge is 2.27. The molecule has 1 aromatic carbocycles. The Hall–Kier alpha value is -4.73. The van der Waals surface area contributed by atoms with E-state index in [1.165, 1.54) is 6.08 Å². The van der Waals surface area contributed by atoms with Crippen molar-refractivity contribution in [3.63, 3.8) is 0 Å². The summed E-state index contributed by atoms with van der Waals surface area (Å²) in [5, 5.41) is 2.84. The third-order valence-electron chi connectivity index (χ3n) is 5.63. The van der Waals surface area contributed by atoms with E-state index in [0.29, 0.717) is 54.1 Å². The molecule has 170 valence electrons. The summed E-state index contributed by atoms with van der Waals surface area (Å²) in [6.07, 6.45) is 6.31. The number of hydrogen-bond donors (Lipinski definition) is 2. The van der Waals surface area contributed by atoms with Crippen molar-refractivity contribution in [2.45, 2.75) is 0 Å². The van der Waals surface area contributed by atoms with Crippen molar-refractivity contribution in [2.24, 2.45) is 0 Å². The van der Waals surface area contributed by atoms with Crippen molar-refractivity contribution in [3.8, 4) is 11.3 Å². The quantitative estimate of drug-likeness (QED) is 0.444. The highest BCUT2D eigenvalue weighted by Crippen LogP contribution is 2.32. The third-order valence-corrected chi connectivity index (χ3v) is 5.63. The Morgan fingerprint density at radius 2 is 1.88 bits per heavy atom. The van der Waals surface area contributed by atoms with Crippen LogP contribution in [0.1, 0.15) is 10.5 Å².